The summed E-state index contributed by atoms with van der Waals surface area (Å²) in [5.74, 6) is -0.325. The fraction of sp³-hybridized carbons (Fsp3) is 0.435. The molecule has 1 amide bonds. The first-order valence-corrected chi connectivity index (χ1v) is 10.0. The van der Waals surface area contributed by atoms with Gasteiger partial charge in [0.25, 0.3) is 5.91 Å². The van der Waals surface area contributed by atoms with Gasteiger partial charge in [0.15, 0.2) is 5.78 Å². The average Bonchev–Trinajstić information content (AvgIpc) is 3.01. The summed E-state index contributed by atoms with van der Waals surface area (Å²) in [6, 6.07) is 5.86. The maximum atomic E-state index is 13.4. The molecular formula is C23H30N2O5. The van der Waals surface area contributed by atoms with Crippen LogP contribution in [0.15, 0.2) is 24.3 Å². The van der Waals surface area contributed by atoms with Crippen molar-refractivity contribution >= 4 is 17.7 Å². The fourth-order valence-electron chi connectivity index (χ4n) is 3.60. The largest absolute Gasteiger partial charge is 0.497 e. The van der Waals surface area contributed by atoms with E-state index in [0.717, 1.165) is 0 Å². The maximum Gasteiger partial charge on any atom is 0.355 e. The summed E-state index contributed by atoms with van der Waals surface area (Å²) < 4.78 is 10.2. The lowest BCUT2D eigenvalue weighted by molar-refractivity contribution is 0.0518. The molecule has 30 heavy (non-hydrogen) atoms. The van der Waals surface area contributed by atoms with Gasteiger partial charge < -0.3 is 19.4 Å². The summed E-state index contributed by atoms with van der Waals surface area (Å²) >= 11 is 0. The molecule has 2 rings (SSSR count). The number of aryl methyl sites for hydroxylation is 1. The number of carbonyl (C=O) groups excluding carboxylic acids is 3. The molecule has 0 aliphatic rings. The summed E-state index contributed by atoms with van der Waals surface area (Å²) in [6.45, 7) is 10.9. The lowest BCUT2D eigenvalue weighted by Crippen LogP contribution is -2.47. The van der Waals surface area contributed by atoms with E-state index in [1.807, 2.05) is 13.8 Å². The predicted molar refractivity (Wildman–Crippen MR) is 114 cm³/mol. The lowest BCUT2D eigenvalue weighted by Gasteiger charge is -2.32. The molecule has 1 heterocycles. The van der Waals surface area contributed by atoms with Crippen molar-refractivity contribution in [1.82, 2.24) is 9.88 Å². The maximum absolute atomic E-state index is 13.4. The Kier molecular flexibility index (Phi) is 7.43. The molecule has 0 saturated carbocycles. The lowest BCUT2D eigenvalue weighted by atomic mass is 9.98. The first kappa shape index (κ1) is 23.2. The Hall–Kier alpha value is -3.09. The molecule has 2 aromatic rings. The van der Waals surface area contributed by atoms with Crippen molar-refractivity contribution in [3.05, 3.63) is 52.3 Å². The van der Waals surface area contributed by atoms with Crippen molar-refractivity contribution < 1.29 is 23.9 Å². The van der Waals surface area contributed by atoms with Crippen LogP contribution in [0.3, 0.4) is 0 Å². The van der Waals surface area contributed by atoms with Crippen molar-refractivity contribution in [1.29, 1.82) is 0 Å². The third-order valence-corrected chi connectivity index (χ3v) is 5.09. The van der Waals surface area contributed by atoms with Gasteiger partial charge in [-0.2, -0.15) is 0 Å². The van der Waals surface area contributed by atoms with E-state index in [1.54, 1.807) is 64.0 Å². The molecule has 162 valence electrons. The third-order valence-electron chi connectivity index (χ3n) is 5.09. The molecule has 7 nitrogen and oxygen atoms in total. The number of methoxy groups -OCH3 is 1. The first-order chi connectivity index (χ1) is 14.1. The second-order valence-electron chi connectivity index (χ2n) is 7.42. The Morgan fingerprint density at radius 3 is 2.17 bits per heavy atom. The standard InChI is InChI=1S/C23H30N2O5/c1-8-30-23(28)20-14(4)19(15(5)24-20)21(26)16(6)25(13(2)3)22(27)17-9-11-18(29-7)12-10-17/h9-13,16,24H,8H2,1-7H3/t16-/m0/s1. The number of amides is 1. The molecule has 0 saturated heterocycles. The highest BCUT2D eigenvalue weighted by molar-refractivity contribution is 6.07. The van der Waals surface area contributed by atoms with E-state index in [1.165, 1.54) is 0 Å². The van der Waals surface area contributed by atoms with Crippen molar-refractivity contribution in [3.63, 3.8) is 0 Å². The molecule has 1 aromatic heterocycles. The molecule has 1 atom stereocenters. The second kappa shape index (κ2) is 9.61. The summed E-state index contributed by atoms with van der Waals surface area (Å²) in [5.41, 5.74) is 2.26. The number of ether oxygens (including phenoxy) is 2. The van der Waals surface area contributed by atoms with Gasteiger partial charge in [-0.05, 0) is 71.4 Å². The average molecular weight is 415 g/mol. The van der Waals surface area contributed by atoms with Crippen molar-refractivity contribution in [3.8, 4) is 5.75 Å². The fourth-order valence-corrected chi connectivity index (χ4v) is 3.60. The molecule has 0 unspecified atom stereocenters. The summed E-state index contributed by atoms with van der Waals surface area (Å²) in [6.07, 6.45) is 0. The topological polar surface area (TPSA) is 88.7 Å². The molecular weight excluding hydrogens is 384 g/mol. The van der Waals surface area contributed by atoms with Gasteiger partial charge in [-0.1, -0.05) is 0 Å². The minimum atomic E-state index is -0.720. The van der Waals surface area contributed by atoms with Crippen LogP contribution in [-0.4, -0.2) is 53.3 Å². The van der Waals surface area contributed by atoms with E-state index >= 15 is 0 Å². The van der Waals surface area contributed by atoms with Crippen LogP contribution in [-0.2, 0) is 4.74 Å². The highest BCUT2D eigenvalue weighted by Gasteiger charge is 2.33. The number of aromatic nitrogens is 1. The number of hydrogen-bond acceptors (Lipinski definition) is 5. The predicted octanol–water partition coefficient (Wildman–Crippen LogP) is 3.94. The Balaban J connectivity index is 2.37. The van der Waals surface area contributed by atoms with Crippen LogP contribution >= 0.6 is 0 Å². The number of ketones is 1. The summed E-state index contributed by atoms with van der Waals surface area (Å²) in [5, 5.41) is 0. The van der Waals surface area contributed by atoms with Gasteiger partial charge in [0, 0.05) is 22.9 Å². The van der Waals surface area contributed by atoms with Crippen LogP contribution in [0.2, 0.25) is 0 Å². The van der Waals surface area contributed by atoms with Gasteiger partial charge in [-0.15, -0.1) is 0 Å². The Labute approximate surface area is 177 Å². The number of aromatic amines is 1. The van der Waals surface area contributed by atoms with Crippen molar-refractivity contribution in [2.75, 3.05) is 13.7 Å². The van der Waals surface area contributed by atoms with Gasteiger partial charge in [-0.25, -0.2) is 4.79 Å². The van der Waals surface area contributed by atoms with E-state index in [9.17, 15) is 14.4 Å². The number of rotatable bonds is 8. The molecule has 0 aliphatic carbocycles. The Bertz CT molecular complexity index is 928. The number of hydrogen-bond donors (Lipinski definition) is 1. The van der Waals surface area contributed by atoms with Crippen LogP contribution in [0.25, 0.3) is 0 Å². The third kappa shape index (κ3) is 4.56. The highest BCUT2D eigenvalue weighted by atomic mass is 16.5. The molecule has 0 fully saturated rings. The summed E-state index contributed by atoms with van der Waals surface area (Å²) in [4.78, 5) is 43.2. The number of nitrogens with one attached hydrogen (secondary N) is 1. The number of carbonyl (C=O) groups is 3. The molecule has 0 aliphatic heterocycles. The molecule has 0 bridgehead atoms. The van der Waals surface area contributed by atoms with Gasteiger partial charge in [0.1, 0.15) is 11.4 Å². The second-order valence-corrected chi connectivity index (χ2v) is 7.42. The number of nitrogens with zero attached hydrogens (tertiary/aromatic N) is 1. The van der Waals surface area contributed by atoms with Crippen LogP contribution in [0, 0.1) is 13.8 Å². The van der Waals surface area contributed by atoms with E-state index in [-0.39, 0.29) is 30.0 Å². The normalized spacial score (nSPS) is 11.9. The van der Waals surface area contributed by atoms with Crippen LogP contribution in [0.5, 0.6) is 5.75 Å². The van der Waals surface area contributed by atoms with E-state index < -0.39 is 12.0 Å². The zero-order valence-corrected chi connectivity index (χ0v) is 18.7. The van der Waals surface area contributed by atoms with E-state index in [2.05, 4.69) is 4.98 Å². The first-order valence-electron chi connectivity index (χ1n) is 10.0. The van der Waals surface area contributed by atoms with Gasteiger partial charge in [0.2, 0.25) is 0 Å². The zero-order valence-electron chi connectivity index (χ0n) is 18.7. The molecule has 0 spiro atoms. The number of benzene rings is 1. The molecule has 0 radical (unpaired) electrons. The van der Waals surface area contributed by atoms with Crippen LogP contribution < -0.4 is 4.74 Å². The quantitative estimate of drug-likeness (QED) is 0.522. The smallest absolute Gasteiger partial charge is 0.355 e. The van der Waals surface area contributed by atoms with Gasteiger partial charge >= 0.3 is 5.97 Å². The van der Waals surface area contributed by atoms with Crippen LogP contribution in [0.1, 0.15) is 70.2 Å². The Morgan fingerprint density at radius 1 is 1.07 bits per heavy atom. The van der Waals surface area contributed by atoms with Gasteiger partial charge in [0.05, 0.1) is 19.8 Å². The minimum absolute atomic E-state index is 0.206. The number of H-pyrrole nitrogens is 1. The van der Waals surface area contributed by atoms with Crippen molar-refractivity contribution in [2.45, 2.75) is 53.6 Å². The SMILES string of the molecule is CCOC(=O)c1[nH]c(C)c(C(=O)[C@H](C)N(C(=O)c2ccc(OC)cc2)C(C)C)c1C. The van der Waals surface area contributed by atoms with E-state index in [0.29, 0.717) is 28.1 Å². The molecule has 7 heteroatoms. The number of esters is 1. The molecule has 1 N–H and O–H groups in total. The van der Waals surface area contributed by atoms with Crippen LogP contribution in [0.4, 0.5) is 0 Å². The van der Waals surface area contributed by atoms with E-state index in [4.69, 9.17) is 9.47 Å². The monoisotopic (exact) mass is 414 g/mol. The summed E-state index contributed by atoms with van der Waals surface area (Å²) in [7, 11) is 1.56. The minimum Gasteiger partial charge on any atom is -0.497 e. The number of Topliss-reactive ketones (excluding diaryl/α,β-unsaturated/α-hetero) is 1. The van der Waals surface area contributed by atoms with Gasteiger partial charge in [-0.3, -0.25) is 9.59 Å². The highest BCUT2D eigenvalue weighted by Crippen LogP contribution is 2.24. The van der Waals surface area contributed by atoms with Crippen molar-refractivity contribution in [2.24, 2.45) is 0 Å². The molecule has 1 aromatic carbocycles. The Morgan fingerprint density at radius 2 is 1.67 bits per heavy atom. The zero-order chi connectivity index (χ0) is 22.6.